The highest BCUT2D eigenvalue weighted by Gasteiger charge is 2.68. The third kappa shape index (κ3) is 1.93. The fourth-order valence-electron chi connectivity index (χ4n) is 8.16. The van der Waals surface area contributed by atoms with Gasteiger partial charge in [0.1, 0.15) is 0 Å². The number of aliphatic hydroxyl groups excluding tert-OH is 2. The summed E-state index contributed by atoms with van der Waals surface area (Å²) < 4.78 is 0. The van der Waals surface area contributed by atoms with Crippen LogP contribution in [0.1, 0.15) is 72.6 Å². The average Bonchev–Trinajstić information content (AvgIpc) is 2.61. The summed E-state index contributed by atoms with van der Waals surface area (Å²) in [4.78, 5) is 0. The smallest absolute Gasteiger partial charge is 0.0852 e. The van der Waals surface area contributed by atoms with Crippen molar-refractivity contribution >= 4 is 0 Å². The van der Waals surface area contributed by atoms with Crippen LogP contribution in [-0.4, -0.2) is 33.1 Å². The predicted octanol–water partition coefficient (Wildman–Crippen LogP) is 3.11. The molecule has 0 amide bonds. The SMILES string of the molecule is CC1(C)[C@H](O)[C@H](O)C[C@@]2(C)[C@@H]3CC[C@H]4C[C@@]3(CC[C@@H]12)C[C@@]4(C)O. The standard InChI is InChI=1S/C20H34O3/c1-17(2)14-7-8-20-9-12(19(4,23)11-20)5-6-15(20)18(14,3)10-13(21)16(17)22/h12-16,21-23H,5-11H2,1-4H3/t12-,13+,14-,15-,16+,18+,19+,20-/m0/s1. The van der Waals surface area contributed by atoms with Gasteiger partial charge < -0.3 is 15.3 Å². The van der Waals surface area contributed by atoms with Crippen molar-refractivity contribution in [2.75, 3.05) is 0 Å². The predicted molar refractivity (Wildman–Crippen MR) is 89.7 cm³/mol. The molecule has 8 atom stereocenters. The first-order valence-corrected chi connectivity index (χ1v) is 9.61. The third-order valence-corrected chi connectivity index (χ3v) is 8.98. The minimum absolute atomic E-state index is 0.0891. The van der Waals surface area contributed by atoms with E-state index in [1.807, 2.05) is 6.92 Å². The van der Waals surface area contributed by atoms with Gasteiger partial charge in [-0.1, -0.05) is 20.8 Å². The number of aliphatic hydroxyl groups is 3. The Labute approximate surface area is 140 Å². The topological polar surface area (TPSA) is 60.7 Å². The van der Waals surface area contributed by atoms with E-state index < -0.39 is 17.8 Å². The Morgan fingerprint density at radius 2 is 1.57 bits per heavy atom. The fraction of sp³-hybridized carbons (Fsp3) is 1.00. The Morgan fingerprint density at radius 3 is 2.26 bits per heavy atom. The van der Waals surface area contributed by atoms with Gasteiger partial charge in [0.2, 0.25) is 0 Å². The number of fused-ring (bicyclic) bond motifs is 3. The molecule has 132 valence electrons. The normalized spacial score (nSPS) is 60.9. The van der Waals surface area contributed by atoms with E-state index in [9.17, 15) is 15.3 Å². The van der Waals surface area contributed by atoms with E-state index in [1.165, 1.54) is 19.3 Å². The first-order valence-electron chi connectivity index (χ1n) is 9.61. The highest BCUT2D eigenvalue weighted by atomic mass is 16.3. The van der Waals surface area contributed by atoms with Crippen LogP contribution < -0.4 is 0 Å². The second-order valence-electron chi connectivity index (χ2n) is 10.6. The van der Waals surface area contributed by atoms with Crippen LogP contribution >= 0.6 is 0 Å². The monoisotopic (exact) mass is 322 g/mol. The lowest BCUT2D eigenvalue weighted by molar-refractivity contribution is -0.217. The van der Waals surface area contributed by atoms with E-state index in [4.69, 9.17) is 0 Å². The largest absolute Gasteiger partial charge is 0.390 e. The molecule has 2 bridgehead atoms. The molecule has 0 aliphatic heterocycles. The van der Waals surface area contributed by atoms with Crippen molar-refractivity contribution in [1.29, 1.82) is 0 Å². The molecule has 0 unspecified atom stereocenters. The Bertz CT molecular complexity index is 513. The molecule has 3 N–H and O–H groups in total. The molecule has 0 heterocycles. The lowest BCUT2D eigenvalue weighted by atomic mass is 9.40. The van der Waals surface area contributed by atoms with Crippen LogP contribution in [0.25, 0.3) is 0 Å². The summed E-state index contributed by atoms with van der Waals surface area (Å²) in [6, 6.07) is 0. The van der Waals surface area contributed by atoms with Gasteiger partial charge >= 0.3 is 0 Å². The molecule has 0 aromatic rings. The summed E-state index contributed by atoms with van der Waals surface area (Å²) in [5, 5.41) is 32.0. The molecule has 4 aliphatic rings. The molecule has 0 saturated heterocycles. The molecule has 0 aromatic heterocycles. The van der Waals surface area contributed by atoms with E-state index in [0.717, 1.165) is 25.7 Å². The number of hydrogen-bond acceptors (Lipinski definition) is 3. The van der Waals surface area contributed by atoms with Crippen molar-refractivity contribution in [2.24, 2.45) is 34.0 Å². The zero-order valence-electron chi connectivity index (χ0n) is 15.2. The maximum absolute atomic E-state index is 10.9. The maximum atomic E-state index is 10.9. The molecule has 3 nitrogen and oxygen atoms in total. The van der Waals surface area contributed by atoms with Gasteiger partial charge in [-0.3, -0.25) is 0 Å². The van der Waals surface area contributed by atoms with Gasteiger partial charge in [-0.05, 0) is 85.9 Å². The Kier molecular flexibility index (Phi) is 3.22. The minimum atomic E-state index is -0.613. The second kappa shape index (κ2) is 4.53. The van der Waals surface area contributed by atoms with Crippen LogP contribution in [0.2, 0.25) is 0 Å². The minimum Gasteiger partial charge on any atom is -0.390 e. The molecule has 4 saturated carbocycles. The Morgan fingerprint density at radius 1 is 0.870 bits per heavy atom. The van der Waals surface area contributed by atoms with Gasteiger partial charge in [0.25, 0.3) is 0 Å². The van der Waals surface area contributed by atoms with Crippen LogP contribution in [-0.2, 0) is 0 Å². The van der Waals surface area contributed by atoms with Crippen LogP contribution in [0.15, 0.2) is 0 Å². The van der Waals surface area contributed by atoms with Crippen molar-refractivity contribution in [3.63, 3.8) is 0 Å². The van der Waals surface area contributed by atoms with Crippen molar-refractivity contribution in [2.45, 2.75) is 90.4 Å². The van der Waals surface area contributed by atoms with Crippen LogP contribution in [0, 0.1) is 34.0 Å². The van der Waals surface area contributed by atoms with E-state index >= 15 is 0 Å². The maximum Gasteiger partial charge on any atom is 0.0852 e. The van der Waals surface area contributed by atoms with Gasteiger partial charge in [-0.15, -0.1) is 0 Å². The Hall–Kier alpha value is -0.120. The average molecular weight is 322 g/mol. The first kappa shape index (κ1) is 16.4. The molecule has 0 radical (unpaired) electrons. The van der Waals surface area contributed by atoms with Gasteiger partial charge in [0.05, 0.1) is 17.8 Å². The van der Waals surface area contributed by atoms with E-state index in [1.54, 1.807) is 0 Å². The van der Waals surface area contributed by atoms with Crippen molar-refractivity contribution in [1.82, 2.24) is 0 Å². The van der Waals surface area contributed by atoms with Gasteiger partial charge in [0.15, 0.2) is 0 Å². The van der Waals surface area contributed by atoms with Crippen molar-refractivity contribution in [3.8, 4) is 0 Å². The van der Waals surface area contributed by atoms with Gasteiger partial charge in [-0.25, -0.2) is 0 Å². The molecule has 4 rings (SSSR count). The Balaban J connectivity index is 1.75. The fourth-order valence-corrected chi connectivity index (χ4v) is 8.16. The lowest BCUT2D eigenvalue weighted by Gasteiger charge is -2.65. The van der Waals surface area contributed by atoms with E-state index in [-0.39, 0.29) is 16.2 Å². The molecular weight excluding hydrogens is 288 g/mol. The molecule has 1 spiro atoms. The zero-order chi connectivity index (χ0) is 16.8. The molecule has 3 heteroatoms. The molecule has 23 heavy (non-hydrogen) atoms. The lowest BCUT2D eigenvalue weighted by Crippen LogP contribution is -2.63. The zero-order valence-corrected chi connectivity index (χ0v) is 15.2. The number of hydrogen-bond donors (Lipinski definition) is 3. The molecule has 4 aliphatic carbocycles. The second-order valence-corrected chi connectivity index (χ2v) is 10.6. The van der Waals surface area contributed by atoms with Crippen molar-refractivity contribution in [3.05, 3.63) is 0 Å². The van der Waals surface area contributed by atoms with E-state index in [0.29, 0.717) is 17.8 Å². The van der Waals surface area contributed by atoms with Crippen LogP contribution in [0.4, 0.5) is 0 Å². The highest BCUT2D eigenvalue weighted by molar-refractivity contribution is 5.17. The summed E-state index contributed by atoms with van der Waals surface area (Å²) >= 11 is 0. The third-order valence-electron chi connectivity index (χ3n) is 8.98. The summed E-state index contributed by atoms with van der Waals surface area (Å²) in [5.74, 6) is 1.51. The highest BCUT2D eigenvalue weighted by Crippen LogP contribution is 2.72. The number of rotatable bonds is 0. The summed E-state index contributed by atoms with van der Waals surface area (Å²) in [7, 11) is 0. The summed E-state index contributed by atoms with van der Waals surface area (Å²) in [5.41, 5.74) is -0.367. The van der Waals surface area contributed by atoms with E-state index in [2.05, 4.69) is 20.8 Å². The molecule has 4 fully saturated rings. The summed E-state index contributed by atoms with van der Waals surface area (Å²) in [6.07, 6.45) is 6.25. The van der Waals surface area contributed by atoms with Crippen molar-refractivity contribution < 1.29 is 15.3 Å². The molecular formula is C20H34O3. The quantitative estimate of drug-likeness (QED) is 0.642. The van der Waals surface area contributed by atoms with Crippen LogP contribution in [0.3, 0.4) is 0 Å². The summed E-state index contributed by atoms with van der Waals surface area (Å²) in [6.45, 7) is 8.73. The molecule has 0 aromatic carbocycles. The van der Waals surface area contributed by atoms with Crippen LogP contribution in [0.5, 0.6) is 0 Å². The van der Waals surface area contributed by atoms with Gasteiger partial charge in [-0.2, -0.15) is 0 Å². The first-order chi connectivity index (χ1) is 10.5. The van der Waals surface area contributed by atoms with Gasteiger partial charge in [0, 0.05) is 0 Å².